The molecule has 2 N–H and O–H groups in total. The Balaban J connectivity index is 1.95. The maximum absolute atomic E-state index is 11.6. The number of nitrogens with one attached hydrogen (secondary N) is 2. The molecule has 1 saturated carbocycles. The van der Waals surface area contributed by atoms with Gasteiger partial charge >= 0.3 is 0 Å². The van der Waals surface area contributed by atoms with Gasteiger partial charge < -0.3 is 10.6 Å². The maximum atomic E-state index is 11.6. The van der Waals surface area contributed by atoms with Crippen LogP contribution in [-0.2, 0) is 4.79 Å². The fourth-order valence-corrected chi connectivity index (χ4v) is 4.41. The van der Waals surface area contributed by atoms with Crippen LogP contribution >= 0.6 is 0 Å². The first kappa shape index (κ1) is 14.8. The molecule has 110 valence electrons. The molecule has 1 aliphatic carbocycles. The smallest absolute Gasteiger partial charge is 0.221 e. The minimum atomic E-state index is 0.212. The number of amides is 1. The highest BCUT2D eigenvalue weighted by Crippen LogP contribution is 2.45. The van der Waals surface area contributed by atoms with Gasteiger partial charge in [-0.05, 0) is 42.9 Å². The Morgan fingerprint density at radius 2 is 1.74 bits per heavy atom. The van der Waals surface area contributed by atoms with Gasteiger partial charge in [0.15, 0.2) is 0 Å². The molecule has 19 heavy (non-hydrogen) atoms. The molecule has 1 heterocycles. The fourth-order valence-electron chi connectivity index (χ4n) is 4.41. The molecule has 1 amide bonds. The van der Waals surface area contributed by atoms with Crippen molar-refractivity contribution in [2.45, 2.75) is 78.3 Å². The Labute approximate surface area is 117 Å². The van der Waals surface area contributed by atoms with Crippen molar-refractivity contribution in [3.05, 3.63) is 0 Å². The summed E-state index contributed by atoms with van der Waals surface area (Å²) in [4.78, 5) is 11.6. The molecule has 0 bridgehead atoms. The molecule has 1 saturated heterocycles. The van der Waals surface area contributed by atoms with Gasteiger partial charge in [-0.2, -0.15) is 0 Å². The molecule has 0 spiro atoms. The molecule has 0 radical (unpaired) electrons. The monoisotopic (exact) mass is 266 g/mol. The van der Waals surface area contributed by atoms with Gasteiger partial charge in [-0.25, -0.2) is 0 Å². The Kier molecular flexibility index (Phi) is 4.24. The van der Waals surface area contributed by atoms with Gasteiger partial charge in [0, 0.05) is 25.0 Å². The van der Waals surface area contributed by atoms with Crippen LogP contribution in [0.4, 0.5) is 0 Å². The molecule has 3 heteroatoms. The van der Waals surface area contributed by atoms with E-state index in [0.717, 1.165) is 19.4 Å². The summed E-state index contributed by atoms with van der Waals surface area (Å²) in [5.74, 6) is 0.212. The van der Waals surface area contributed by atoms with Gasteiger partial charge in [-0.3, -0.25) is 4.79 Å². The predicted octanol–water partition coefficient (Wildman–Crippen LogP) is 2.85. The van der Waals surface area contributed by atoms with E-state index in [2.05, 4.69) is 38.3 Å². The summed E-state index contributed by atoms with van der Waals surface area (Å²) in [5.41, 5.74) is 0.818. The topological polar surface area (TPSA) is 41.1 Å². The van der Waals surface area contributed by atoms with E-state index in [1.165, 1.54) is 19.3 Å². The zero-order valence-corrected chi connectivity index (χ0v) is 13.0. The summed E-state index contributed by atoms with van der Waals surface area (Å²) in [6.07, 6.45) is 6.63. The number of rotatable bonds is 2. The second kappa shape index (κ2) is 5.43. The second-order valence-corrected chi connectivity index (χ2v) is 8.17. The van der Waals surface area contributed by atoms with Crippen LogP contribution in [0.2, 0.25) is 0 Å². The molecule has 1 atom stereocenters. The Morgan fingerprint density at radius 3 is 2.37 bits per heavy atom. The fraction of sp³-hybridized carbons (Fsp3) is 0.938. The average Bonchev–Trinajstić information content (AvgIpc) is 2.37. The Bertz CT molecular complexity index is 320. The van der Waals surface area contributed by atoms with E-state index in [1.807, 2.05) is 0 Å². The van der Waals surface area contributed by atoms with Gasteiger partial charge in [0.2, 0.25) is 5.91 Å². The van der Waals surface area contributed by atoms with Crippen LogP contribution < -0.4 is 10.6 Å². The number of carbonyl (C=O) groups is 1. The van der Waals surface area contributed by atoms with Crippen LogP contribution in [0, 0.1) is 10.8 Å². The van der Waals surface area contributed by atoms with E-state index in [-0.39, 0.29) is 5.91 Å². The quantitative estimate of drug-likeness (QED) is 0.807. The first-order chi connectivity index (χ1) is 8.76. The van der Waals surface area contributed by atoms with E-state index in [1.54, 1.807) is 0 Å². The molecular formula is C16H30N2O. The van der Waals surface area contributed by atoms with Crippen molar-refractivity contribution in [3.8, 4) is 0 Å². The lowest BCUT2D eigenvalue weighted by molar-refractivity contribution is -0.121. The lowest BCUT2D eigenvalue weighted by Crippen LogP contribution is -2.48. The van der Waals surface area contributed by atoms with Crippen molar-refractivity contribution < 1.29 is 4.79 Å². The molecular weight excluding hydrogens is 236 g/mol. The van der Waals surface area contributed by atoms with E-state index >= 15 is 0 Å². The van der Waals surface area contributed by atoms with Crippen LogP contribution in [0.15, 0.2) is 0 Å². The molecule has 2 fully saturated rings. The minimum absolute atomic E-state index is 0.212. The van der Waals surface area contributed by atoms with E-state index in [0.29, 0.717) is 29.3 Å². The molecule has 0 aromatic carbocycles. The van der Waals surface area contributed by atoms with Crippen LogP contribution in [-0.4, -0.2) is 24.5 Å². The molecule has 3 nitrogen and oxygen atoms in total. The van der Waals surface area contributed by atoms with Crippen molar-refractivity contribution in [1.82, 2.24) is 10.6 Å². The van der Waals surface area contributed by atoms with E-state index in [9.17, 15) is 4.79 Å². The number of carbonyl (C=O) groups excluding carboxylic acids is 1. The summed E-state index contributed by atoms with van der Waals surface area (Å²) in [7, 11) is 0. The molecule has 1 unspecified atom stereocenters. The van der Waals surface area contributed by atoms with Gasteiger partial charge in [-0.1, -0.05) is 27.7 Å². The standard InChI is InChI=1S/C16H30N2O/c1-15(2)9-13(10-16(3,4)11-15)18-12-6-5-7-17-14(19)8-12/h12-13,18H,5-11H2,1-4H3,(H,17,19). The van der Waals surface area contributed by atoms with E-state index < -0.39 is 0 Å². The second-order valence-electron chi connectivity index (χ2n) is 8.17. The molecule has 1 aliphatic heterocycles. The molecule has 2 rings (SSSR count). The van der Waals surface area contributed by atoms with Crippen LogP contribution in [0.5, 0.6) is 0 Å². The van der Waals surface area contributed by atoms with E-state index in [4.69, 9.17) is 0 Å². The highest BCUT2D eigenvalue weighted by Gasteiger charge is 2.39. The molecule has 0 aromatic rings. The highest BCUT2D eigenvalue weighted by atomic mass is 16.1. The summed E-state index contributed by atoms with van der Waals surface area (Å²) < 4.78 is 0. The van der Waals surface area contributed by atoms with Crippen LogP contribution in [0.1, 0.15) is 66.2 Å². The summed E-state index contributed by atoms with van der Waals surface area (Å²) >= 11 is 0. The Hall–Kier alpha value is -0.570. The molecule has 0 aromatic heterocycles. The normalized spacial score (nSPS) is 31.6. The summed E-state index contributed by atoms with van der Waals surface area (Å²) in [6.45, 7) is 10.4. The first-order valence-corrected chi connectivity index (χ1v) is 7.79. The lowest BCUT2D eigenvalue weighted by Gasteiger charge is -2.46. The largest absolute Gasteiger partial charge is 0.356 e. The minimum Gasteiger partial charge on any atom is -0.356 e. The SMILES string of the molecule is CC1(C)CC(NC2CCCNC(=O)C2)CC(C)(C)C1. The maximum Gasteiger partial charge on any atom is 0.221 e. The zero-order chi connectivity index (χ0) is 14.1. The Morgan fingerprint density at radius 1 is 1.11 bits per heavy atom. The molecule has 2 aliphatic rings. The van der Waals surface area contributed by atoms with Crippen molar-refractivity contribution in [3.63, 3.8) is 0 Å². The lowest BCUT2D eigenvalue weighted by atomic mass is 9.63. The van der Waals surface area contributed by atoms with Crippen molar-refractivity contribution >= 4 is 5.91 Å². The predicted molar refractivity (Wildman–Crippen MR) is 79.0 cm³/mol. The first-order valence-electron chi connectivity index (χ1n) is 7.79. The number of hydrogen-bond acceptors (Lipinski definition) is 2. The average molecular weight is 266 g/mol. The third-order valence-electron chi connectivity index (χ3n) is 4.51. The van der Waals surface area contributed by atoms with Crippen molar-refractivity contribution in [2.75, 3.05) is 6.54 Å². The highest BCUT2D eigenvalue weighted by molar-refractivity contribution is 5.76. The van der Waals surface area contributed by atoms with Gasteiger partial charge in [0.1, 0.15) is 0 Å². The van der Waals surface area contributed by atoms with Gasteiger partial charge in [0.25, 0.3) is 0 Å². The number of hydrogen-bond donors (Lipinski definition) is 2. The van der Waals surface area contributed by atoms with Crippen LogP contribution in [0.3, 0.4) is 0 Å². The van der Waals surface area contributed by atoms with Crippen LogP contribution in [0.25, 0.3) is 0 Å². The van der Waals surface area contributed by atoms with Crippen molar-refractivity contribution in [2.24, 2.45) is 10.8 Å². The summed E-state index contributed by atoms with van der Waals surface area (Å²) in [6, 6.07) is 0.937. The summed E-state index contributed by atoms with van der Waals surface area (Å²) in [5, 5.41) is 6.74. The van der Waals surface area contributed by atoms with Gasteiger partial charge in [-0.15, -0.1) is 0 Å². The van der Waals surface area contributed by atoms with Crippen molar-refractivity contribution in [1.29, 1.82) is 0 Å². The zero-order valence-electron chi connectivity index (χ0n) is 13.0. The third kappa shape index (κ3) is 4.48. The van der Waals surface area contributed by atoms with Gasteiger partial charge in [0.05, 0.1) is 0 Å². The third-order valence-corrected chi connectivity index (χ3v) is 4.51.